The summed E-state index contributed by atoms with van der Waals surface area (Å²) >= 11 is 0. The van der Waals surface area contributed by atoms with Crippen LogP contribution in [0.5, 0.6) is 0 Å². The van der Waals surface area contributed by atoms with Crippen molar-refractivity contribution in [2.24, 2.45) is 5.92 Å². The third kappa shape index (κ3) is 1.82. The molecule has 0 radical (unpaired) electrons. The lowest BCUT2D eigenvalue weighted by atomic mass is 9.82. The van der Waals surface area contributed by atoms with Crippen molar-refractivity contribution in [1.29, 1.82) is 0 Å². The monoisotopic (exact) mass is 205 g/mol. The first-order valence-corrected chi connectivity index (χ1v) is 5.25. The number of para-hydroxylation sites is 1. The van der Waals surface area contributed by atoms with Gasteiger partial charge in [0.15, 0.2) is 0 Å². The molecule has 0 amide bonds. The molecule has 0 aromatic heterocycles. The molecule has 1 aliphatic rings. The Bertz CT molecular complexity index is 376. The van der Waals surface area contributed by atoms with Gasteiger partial charge in [0, 0.05) is 18.2 Å². The lowest BCUT2D eigenvalue weighted by Gasteiger charge is -2.29. The van der Waals surface area contributed by atoms with Crippen LogP contribution in [0.2, 0.25) is 0 Å². The van der Waals surface area contributed by atoms with E-state index in [-0.39, 0.29) is 11.8 Å². The molecule has 80 valence electrons. The van der Waals surface area contributed by atoms with Gasteiger partial charge in [-0.05, 0) is 18.1 Å². The highest BCUT2D eigenvalue weighted by atomic mass is 16.4. The first-order chi connectivity index (χ1) is 7.20. The molecular formula is C12H15NO2. The molecule has 0 saturated carbocycles. The second kappa shape index (κ2) is 3.93. The number of carboxylic acids is 1. The molecule has 2 N–H and O–H groups in total. The van der Waals surface area contributed by atoms with Crippen molar-refractivity contribution in [3.8, 4) is 0 Å². The van der Waals surface area contributed by atoms with Crippen molar-refractivity contribution in [1.82, 2.24) is 0 Å². The summed E-state index contributed by atoms with van der Waals surface area (Å²) in [6.07, 6.45) is 0.893. The summed E-state index contributed by atoms with van der Waals surface area (Å²) in [6, 6.07) is 7.97. The number of carbonyl (C=O) groups is 1. The number of fused-ring (bicyclic) bond motifs is 1. The first-order valence-electron chi connectivity index (χ1n) is 5.25. The summed E-state index contributed by atoms with van der Waals surface area (Å²) in [4.78, 5) is 11.0. The van der Waals surface area contributed by atoms with E-state index in [1.165, 1.54) is 0 Å². The van der Waals surface area contributed by atoms with E-state index in [0.717, 1.165) is 24.2 Å². The predicted molar refractivity (Wildman–Crippen MR) is 59.1 cm³/mol. The van der Waals surface area contributed by atoms with Gasteiger partial charge in [-0.2, -0.15) is 0 Å². The van der Waals surface area contributed by atoms with Crippen LogP contribution in [0.25, 0.3) is 0 Å². The molecule has 3 nitrogen and oxygen atoms in total. The van der Waals surface area contributed by atoms with Crippen LogP contribution in [0, 0.1) is 5.92 Å². The maximum atomic E-state index is 11.0. The van der Waals surface area contributed by atoms with Crippen LogP contribution in [-0.2, 0) is 4.79 Å². The molecule has 2 unspecified atom stereocenters. The smallest absolute Gasteiger partial charge is 0.306 e. The van der Waals surface area contributed by atoms with Crippen LogP contribution in [-0.4, -0.2) is 17.6 Å². The van der Waals surface area contributed by atoms with Gasteiger partial charge in [-0.3, -0.25) is 4.79 Å². The van der Waals surface area contributed by atoms with Crippen molar-refractivity contribution >= 4 is 11.7 Å². The van der Waals surface area contributed by atoms with E-state index in [2.05, 4.69) is 5.32 Å². The molecule has 0 spiro atoms. The van der Waals surface area contributed by atoms with Crippen molar-refractivity contribution in [3.05, 3.63) is 29.8 Å². The van der Waals surface area contributed by atoms with Crippen molar-refractivity contribution < 1.29 is 9.90 Å². The van der Waals surface area contributed by atoms with Crippen LogP contribution < -0.4 is 5.32 Å². The molecule has 1 aromatic rings. The summed E-state index contributed by atoms with van der Waals surface area (Å²) in [6.45, 7) is 2.65. The zero-order chi connectivity index (χ0) is 10.8. The number of benzene rings is 1. The van der Waals surface area contributed by atoms with E-state index >= 15 is 0 Å². The maximum Gasteiger partial charge on any atom is 0.306 e. The highest BCUT2D eigenvalue weighted by molar-refractivity contribution is 5.72. The highest BCUT2D eigenvalue weighted by Gasteiger charge is 2.28. The summed E-state index contributed by atoms with van der Waals surface area (Å²) in [7, 11) is 0. The second-order valence-electron chi connectivity index (χ2n) is 4.04. The third-order valence-electron chi connectivity index (χ3n) is 3.12. The molecule has 2 atom stereocenters. The molecule has 0 bridgehead atoms. The van der Waals surface area contributed by atoms with Crippen LogP contribution in [0.3, 0.4) is 0 Å². The van der Waals surface area contributed by atoms with Gasteiger partial charge < -0.3 is 10.4 Å². The fourth-order valence-electron chi connectivity index (χ4n) is 2.19. The molecule has 1 heterocycles. The zero-order valence-electron chi connectivity index (χ0n) is 8.73. The van der Waals surface area contributed by atoms with Gasteiger partial charge in [-0.15, -0.1) is 0 Å². The van der Waals surface area contributed by atoms with E-state index in [4.69, 9.17) is 5.11 Å². The lowest BCUT2D eigenvalue weighted by molar-refractivity contribution is -0.141. The number of hydrogen-bond acceptors (Lipinski definition) is 2. The minimum Gasteiger partial charge on any atom is -0.481 e. The van der Waals surface area contributed by atoms with Gasteiger partial charge in [0.2, 0.25) is 0 Å². The minimum absolute atomic E-state index is 0.139. The summed E-state index contributed by atoms with van der Waals surface area (Å²) in [5.41, 5.74) is 2.22. The Kier molecular flexibility index (Phi) is 2.62. The summed E-state index contributed by atoms with van der Waals surface area (Å²) in [5, 5.41) is 12.3. The fraction of sp³-hybridized carbons (Fsp3) is 0.417. The van der Waals surface area contributed by atoms with Crippen molar-refractivity contribution in [3.63, 3.8) is 0 Å². The van der Waals surface area contributed by atoms with Gasteiger partial charge in [0.25, 0.3) is 0 Å². The topological polar surface area (TPSA) is 49.3 Å². The Morgan fingerprint density at radius 1 is 1.53 bits per heavy atom. The van der Waals surface area contributed by atoms with Crippen LogP contribution in [0.4, 0.5) is 5.69 Å². The molecule has 3 heteroatoms. The van der Waals surface area contributed by atoms with Gasteiger partial charge in [-0.25, -0.2) is 0 Å². The molecule has 0 fully saturated rings. The Morgan fingerprint density at radius 2 is 2.27 bits per heavy atom. The Hall–Kier alpha value is -1.51. The standard InChI is InChI=1S/C12H15NO2/c1-8(12(14)15)9-6-7-13-11-5-3-2-4-10(9)11/h2-5,8-9,13H,6-7H2,1H3,(H,14,15). The SMILES string of the molecule is CC(C(=O)O)C1CCNc2ccccc21. The molecule has 0 saturated heterocycles. The number of carboxylic acid groups (broad SMARTS) is 1. The average molecular weight is 205 g/mol. The van der Waals surface area contributed by atoms with E-state index in [1.54, 1.807) is 6.92 Å². The quantitative estimate of drug-likeness (QED) is 0.779. The van der Waals surface area contributed by atoms with Crippen molar-refractivity contribution in [2.45, 2.75) is 19.3 Å². The maximum absolute atomic E-state index is 11.0. The predicted octanol–water partition coefficient (Wildman–Crippen LogP) is 2.31. The highest BCUT2D eigenvalue weighted by Crippen LogP contribution is 2.36. The molecule has 1 aromatic carbocycles. The lowest BCUT2D eigenvalue weighted by Crippen LogP contribution is -2.25. The van der Waals surface area contributed by atoms with E-state index < -0.39 is 5.97 Å². The van der Waals surface area contributed by atoms with Gasteiger partial charge in [0.05, 0.1) is 5.92 Å². The van der Waals surface area contributed by atoms with Gasteiger partial charge in [-0.1, -0.05) is 25.1 Å². The first kappa shape index (κ1) is 10.0. The van der Waals surface area contributed by atoms with Crippen molar-refractivity contribution in [2.75, 3.05) is 11.9 Å². The zero-order valence-corrected chi connectivity index (χ0v) is 8.73. The van der Waals surface area contributed by atoms with E-state index in [1.807, 2.05) is 24.3 Å². The fourth-order valence-corrected chi connectivity index (χ4v) is 2.19. The average Bonchev–Trinajstić information content (AvgIpc) is 2.27. The largest absolute Gasteiger partial charge is 0.481 e. The summed E-state index contributed by atoms with van der Waals surface area (Å²) < 4.78 is 0. The Balaban J connectivity index is 2.33. The number of anilines is 1. The number of rotatable bonds is 2. The number of hydrogen-bond donors (Lipinski definition) is 2. The third-order valence-corrected chi connectivity index (χ3v) is 3.12. The molecule has 1 aliphatic heterocycles. The van der Waals surface area contributed by atoms with Crippen LogP contribution >= 0.6 is 0 Å². The number of nitrogens with one attached hydrogen (secondary N) is 1. The Labute approximate surface area is 89.1 Å². The van der Waals surface area contributed by atoms with Gasteiger partial charge >= 0.3 is 5.97 Å². The molecule has 15 heavy (non-hydrogen) atoms. The van der Waals surface area contributed by atoms with Gasteiger partial charge in [0.1, 0.15) is 0 Å². The van der Waals surface area contributed by atoms with Crippen LogP contribution in [0.15, 0.2) is 24.3 Å². The Morgan fingerprint density at radius 3 is 3.00 bits per heavy atom. The molecular weight excluding hydrogens is 190 g/mol. The normalized spacial score (nSPS) is 21.3. The molecule has 2 rings (SSSR count). The number of aliphatic carboxylic acids is 1. The van der Waals surface area contributed by atoms with Crippen LogP contribution in [0.1, 0.15) is 24.8 Å². The minimum atomic E-state index is -0.711. The van der Waals surface area contributed by atoms with E-state index in [9.17, 15) is 4.79 Å². The van der Waals surface area contributed by atoms with E-state index in [0.29, 0.717) is 0 Å². The summed E-state index contributed by atoms with van der Waals surface area (Å²) in [5.74, 6) is -0.884. The molecule has 0 aliphatic carbocycles. The second-order valence-corrected chi connectivity index (χ2v) is 4.04.